The fraction of sp³-hybridized carbons (Fsp3) is 0.474. The molecule has 3 rings (SSSR count). The Labute approximate surface area is 148 Å². The third kappa shape index (κ3) is 4.60. The SMILES string of the molecule is CC(=O)N(CCOc1cccc(-c2cnn(C)c2)c1)C1CCNCC1. The van der Waals surface area contributed by atoms with Gasteiger partial charge in [-0.1, -0.05) is 12.1 Å². The van der Waals surface area contributed by atoms with Gasteiger partial charge in [0.05, 0.1) is 12.7 Å². The van der Waals surface area contributed by atoms with Crippen molar-refractivity contribution in [1.29, 1.82) is 0 Å². The summed E-state index contributed by atoms with van der Waals surface area (Å²) in [6.07, 6.45) is 5.84. The van der Waals surface area contributed by atoms with Crippen molar-refractivity contribution in [2.45, 2.75) is 25.8 Å². The second-order valence-corrected chi connectivity index (χ2v) is 6.47. The van der Waals surface area contributed by atoms with Crippen LogP contribution in [0.4, 0.5) is 0 Å². The summed E-state index contributed by atoms with van der Waals surface area (Å²) in [5.74, 6) is 0.940. The Hall–Kier alpha value is -2.34. The minimum absolute atomic E-state index is 0.125. The summed E-state index contributed by atoms with van der Waals surface area (Å²) < 4.78 is 7.69. The number of rotatable bonds is 6. The zero-order valence-corrected chi connectivity index (χ0v) is 14.9. The van der Waals surface area contributed by atoms with Crippen molar-refractivity contribution in [3.05, 3.63) is 36.7 Å². The second-order valence-electron chi connectivity index (χ2n) is 6.47. The molecule has 134 valence electrons. The Balaban J connectivity index is 1.58. The molecule has 6 heteroatoms. The van der Waals surface area contributed by atoms with Crippen molar-refractivity contribution in [3.8, 4) is 16.9 Å². The third-order valence-corrected chi connectivity index (χ3v) is 4.63. The number of aryl methyl sites for hydroxylation is 1. The maximum Gasteiger partial charge on any atom is 0.219 e. The number of hydrogen-bond donors (Lipinski definition) is 1. The van der Waals surface area contributed by atoms with Gasteiger partial charge in [-0.25, -0.2) is 0 Å². The highest BCUT2D eigenvalue weighted by atomic mass is 16.5. The molecule has 1 amide bonds. The molecule has 1 fully saturated rings. The summed E-state index contributed by atoms with van der Waals surface area (Å²) in [5, 5.41) is 7.54. The summed E-state index contributed by atoms with van der Waals surface area (Å²) in [5.41, 5.74) is 2.14. The molecule has 0 saturated carbocycles. The molecule has 0 spiro atoms. The minimum atomic E-state index is 0.125. The number of benzene rings is 1. The average Bonchev–Trinajstić information content (AvgIpc) is 3.06. The molecule has 1 aromatic carbocycles. The van der Waals surface area contributed by atoms with E-state index in [9.17, 15) is 4.79 Å². The quantitative estimate of drug-likeness (QED) is 0.873. The third-order valence-electron chi connectivity index (χ3n) is 4.63. The predicted molar refractivity (Wildman–Crippen MR) is 97.4 cm³/mol. The smallest absolute Gasteiger partial charge is 0.219 e. The number of amides is 1. The van der Waals surface area contributed by atoms with Crippen LogP contribution in [0.25, 0.3) is 11.1 Å². The van der Waals surface area contributed by atoms with E-state index in [-0.39, 0.29) is 5.91 Å². The van der Waals surface area contributed by atoms with Crippen LogP contribution in [0.5, 0.6) is 5.75 Å². The van der Waals surface area contributed by atoms with Crippen LogP contribution in [-0.4, -0.2) is 52.9 Å². The van der Waals surface area contributed by atoms with Gasteiger partial charge < -0.3 is 15.0 Å². The topological polar surface area (TPSA) is 59.4 Å². The van der Waals surface area contributed by atoms with Crippen molar-refractivity contribution in [2.75, 3.05) is 26.2 Å². The maximum atomic E-state index is 12.0. The first-order chi connectivity index (χ1) is 12.1. The number of hydrogen-bond acceptors (Lipinski definition) is 4. The van der Waals surface area contributed by atoms with Gasteiger partial charge in [0.15, 0.2) is 0 Å². The summed E-state index contributed by atoms with van der Waals surface area (Å²) in [7, 11) is 1.90. The van der Waals surface area contributed by atoms with Crippen molar-refractivity contribution < 1.29 is 9.53 Å². The number of nitrogens with zero attached hydrogens (tertiary/aromatic N) is 3. The molecule has 1 aliphatic rings. The standard InChI is InChI=1S/C19H26N4O2/c1-15(24)23(18-6-8-20-9-7-18)10-11-25-19-5-3-4-16(12-19)17-13-21-22(2)14-17/h3-5,12-14,18,20H,6-11H2,1-2H3. The first kappa shape index (κ1) is 17.5. The lowest BCUT2D eigenvalue weighted by molar-refractivity contribution is -0.132. The Morgan fingerprint density at radius 3 is 2.84 bits per heavy atom. The van der Waals surface area contributed by atoms with E-state index in [0.29, 0.717) is 19.2 Å². The van der Waals surface area contributed by atoms with Crippen LogP contribution in [0.15, 0.2) is 36.7 Å². The van der Waals surface area contributed by atoms with Gasteiger partial charge in [0, 0.05) is 31.8 Å². The lowest BCUT2D eigenvalue weighted by Crippen LogP contribution is -2.46. The van der Waals surface area contributed by atoms with Crippen LogP contribution < -0.4 is 10.1 Å². The number of aromatic nitrogens is 2. The van der Waals surface area contributed by atoms with Gasteiger partial charge in [-0.3, -0.25) is 9.48 Å². The van der Waals surface area contributed by atoms with E-state index < -0.39 is 0 Å². The van der Waals surface area contributed by atoms with Gasteiger partial charge in [0.1, 0.15) is 12.4 Å². The summed E-state index contributed by atoms with van der Waals surface area (Å²) in [6.45, 7) is 4.72. The van der Waals surface area contributed by atoms with Crippen LogP contribution in [0.1, 0.15) is 19.8 Å². The van der Waals surface area contributed by atoms with Crippen LogP contribution >= 0.6 is 0 Å². The molecule has 0 unspecified atom stereocenters. The van der Waals surface area contributed by atoms with Crippen LogP contribution in [0, 0.1) is 0 Å². The fourth-order valence-electron chi connectivity index (χ4n) is 3.31. The van der Waals surface area contributed by atoms with E-state index in [1.54, 1.807) is 11.6 Å². The second kappa shape index (κ2) is 8.16. The van der Waals surface area contributed by atoms with Gasteiger partial charge in [-0.15, -0.1) is 0 Å². The molecule has 1 aromatic heterocycles. The molecule has 2 aromatic rings. The summed E-state index contributed by atoms with van der Waals surface area (Å²) in [6, 6.07) is 8.31. The highest BCUT2D eigenvalue weighted by molar-refractivity contribution is 5.73. The van der Waals surface area contributed by atoms with Gasteiger partial charge >= 0.3 is 0 Å². The van der Waals surface area contributed by atoms with Gasteiger partial charge in [0.25, 0.3) is 0 Å². The zero-order chi connectivity index (χ0) is 17.6. The largest absolute Gasteiger partial charge is 0.492 e. The van der Waals surface area contributed by atoms with Gasteiger partial charge in [-0.05, 0) is 43.6 Å². The molecule has 1 N–H and O–H groups in total. The lowest BCUT2D eigenvalue weighted by atomic mass is 10.0. The van der Waals surface area contributed by atoms with Crippen LogP contribution in [0.3, 0.4) is 0 Å². The lowest BCUT2D eigenvalue weighted by Gasteiger charge is -2.34. The van der Waals surface area contributed by atoms with Crippen molar-refractivity contribution in [1.82, 2.24) is 20.0 Å². The van der Waals surface area contributed by atoms with Gasteiger partial charge in [-0.2, -0.15) is 5.10 Å². The van der Waals surface area contributed by atoms with Crippen LogP contribution in [0.2, 0.25) is 0 Å². The monoisotopic (exact) mass is 342 g/mol. The Morgan fingerprint density at radius 2 is 2.16 bits per heavy atom. The molecule has 1 saturated heterocycles. The minimum Gasteiger partial charge on any atom is -0.492 e. The van der Waals surface area contributed by atoms with Crippen molar-refractivity contribution in [2.24, 2.45) is 7.05 Å². The van der Waals surface area contributed by atoms with E-state index >= 15 is 0 Å². The first-order valence-electron chi connectivity index (χ1n) is 8.83. The molecule has 0 bridgehead atoms. The average molecular weight is 342 g/mol. The van der Waals surface area contributed by atoms with Crippen molar-refractivity contribution in [3.63, 3.8) is 0 Å². The Kier molecular flexibility index (Phi) is 5.71. The Bertz CT molecular complexity index is 707. The fourth-order valence-corrected chi connectivity index (χ4v) is 3.31. The van der Waals surface area contributed by atoms with E-state index in [2.05, 4.69) is 10.4 Å². The Morgan fingerprint density at radius 1 is 1.36 bits per heavy atom. The van der Waals surface area contributed by atoms with E-state index in [0.717, 1.165) is 42.8 Å². The number of nitrogens with one attached hydrogen (secondary N) is 1. The highest BCUT2D eigenvalue weighted by Crippen LogP contribution is 2.23. The molecule has 2 heterocycles. The number of piperidine rings is 1. The molecular formula is C19H26N4O2. The molecule has 6 nitrogen and oxygen atoms in total. The predicted octanol–water partition coefficient (Wildman–Crippen LogP) is 2.07. The van der Waals surface area contributed by atoms with E-state index in [1.165, 1.54) is 0 Å². The zero-order valence-electron chi connectivity index (χ0n) is 14.9. The summed E-state index contributed by atoms with van der Waals surface area (Å²) >= 11 is 0. The normalized spacial score (nSPS) is 15.1. The molecule has 25 heavy (non-hydrogen) atoms. The highest BCUT2D eigenvalue weighted by Gasteiger charge is 2.22. The maximum absolute atomic E-state index is 12.0. The molecular weight excluding hydrogens is 316 g/mol. The molecule has 0 radical (unpaired) electrons. The molecule has 1 aliphatic heterocycles. The van der Waals surface area contributed by atoms with Crippen molar-refractivity contribution >= 4 is 5.91 Å². The number of carbonyl (C=O) groups excluding carboxylic acids is 1. The number of carbonyl (C=O) groups is 1. The number of ether oxygens (including phenoxy) is 1. The van der Waals surface area contributed by atoms with E-state index in [1.807, 2.05) is 48.6 Å². The van der Waals surface area contributed by atoms with E-state index in [4.69, 9.17) is 4.74 Å². The molecule has 0 atom stereocenters. The molecule has 0 aliphatic carbocycles. The first-order valence-corrected chi connectivity index (χ1v) is 8.83. The van der Waals surface area contributed by atoms with Gasteiger partial charge in [0.2, 0.25) is 5.91 Å². The summed E-state index contributed by atoms with van der Waals surface area (Å²) in [4.78, 5) is 13.9. The van der Waals surface area contributed by atoms with Crippen LogP contribution in [-0.2, 0) is 11.8 Å².